The predicted octanol–water partition coefficient (Wildman–Crippen LogP) is 3.75. The number of aliphatic hydroxyl groups is 1. The van der Waals surface area contributed by atoms with Gasteiger partial charge in [-0.3, -0.25) is 4.98 Å². The molecule has 9 heteroatoms. The molecule has 2 aliphatic heterocycles. The molecule has 0 spiro atoms. The highest BCUT2D eigenvalue weighted by atomic mass is 16.5. The van der Waals surface area contributed by atoms with Gasteiger partial charge in [0.15, 0.2) is 0 Å². The Hall–Kier alpha value is -3.74. The van der Waals surface area contributed by atoms with Gasteiger partial charge < -0.3 is 25.4 Å². The molecule has 1 aromatic carbocycles. The van der Waals surface area contributed by atoms with Crippen molar-refractivity contribution < 1.29 is 9.84 Å². The number of hydrogen-bond acceptors (Lipinski definition) is 9. The van der Waals surface area contributed by atoms with Gasteiger partial charge in [-0.05, 0) is 43.0 Å². The molecule has 0 bridgehead atoms. The maximum absolute atomic E-state index is 9.74. The van der Waals surface area contributed by atoms with E-state index >= 15 is 0 Å². The second kappa shape index (κ2) is 9.72. The summed E-state index contributed by atoms with van der Waals surface area (Å²) in [5.41, 5.74) is 8.03. The minimum Gasteiger partial charge on any atom is -0.395 e. The number of nitrogens with zero attached hydrogens (tertiary/aromatic N) is 5. The molecule has 0 radical (unpaired) electrons. The number of ether oxygens (including phenoxy) is 1. The lowest BCUT2D eigenvalue weighted by Crippen LogP contribution is -2.25. The van der Waals surface area contributed by atoms with Crippen LogP contribution < -0.4 is 15.5 Å². The third-order valence-corrected chi connectivity index (χ3v) is 7.09. The van der Waals surface area contributed by atoms with E-state index in [1.165, 1.54) is 12.8 Å². The fourth-order valence-corrected chi connectivity index (χ4v) is 4.95. The van der Waals surface area contributed by atoms with Gasteiger partial charge in [0.1, 0.15) is 6.07 Å². The van der Waals surface area contributed by atoms with Crippen LogP contribution in [0.4, 0.5) is 23.0 Å². The summed E-state index contributed by atoms with van der Waals surface area (Å²) in [6.07, 6.45) is 7.31. The van der Waals surface area contributed by atoms with Gasteiger partial charge in [0.25, 0.3) is 0 Å². The first-order chi connectivity index (χ1) is 17.7. The summed E-state index contributed by atoms with van der Waals surface area (Å²) < 4.78 is 5.66. The number of nitrogens with one attached hydrogen (secondary N) is 2. The number of rotatable bonds is 8. The van der Waals surface area contributed by atoms with Gasteiger partial charge in [-0.15, -0.1) is 0 Å². The van der Waals surface area contributed by atoms with Crippen molar-refractivity contribution in [2.75, 3.05) is 42.0 Å². The zero-order valence-corrected chi connectivity index (χ0v) is 20.1. The van der Waals surface area contributed by atoms with Crippen molar-refractivity contribution in [1.82, 2.24) is 15.0 Å². The zero-order chi connectivity index (χ0) is 24.5. The molecule has 184 valence electrons. The van der Waals surface area contributed by atoms with E-state index in [0.29, 0.717) is 31.3 Å². The number of aromatic nitrogens is 3. The molecule has 0 atom stereocenters. The summed E-state index contributed by atoms with van der Waals surface area (Å²) in [5.74, 6) is 1.32. The Bertz CT molecular complexity index is 1330. The predicted molar refractivity (Wildman–Crippen MR) is 137 cm³/mol. The van der Waals surface area contributed by atoms with Gasteiger partial charge in [-0.25, -0.2) is 9.97 Å². The molecule has 9 nitrogen and oxygen atoms in total. The molecular weight excluding hydrogens is 454 g/mol. The van der Waals surface area contributed by atoms with Crippen molar-refractivity contribution >= 4 is 23.0 Å². The molecule has 0 unspecified atom stereocenters. The number of aliphatic hydroxyl groups excluding tert-OH is 1. The summed E-state index contributed by atoms with van der Waals surface area (Å²) in [6, 6.07) is 10.1. The highest BCUT2D eigenvalue weighted by Crippen LogP contribution is 2.38. The molecule has 4 heterocycles. The van der Waals surface area contributed by atoms with Crippen molar-refractivity contribution in [3.05, 3.63) is 53.0 Å². The highest BCUT2D eigenvalue weighted by molar-refractivity contribution is 5.85. The van der Waals surface area contributed by atoms with Crippen molar-refractivity contribution in [1.29, 1.82) is 5.26 Å². The first-order valence-corrected chi connectivity index (χ1v) is 12.6. The number of nitriles is 1. The van der Waals surface area contributed by atoms with E-state index in [0.717, 1.165) is 77.1 Å². The molecule has 2 aromatic heterocycles. The number of pyridine rings is 1. The number of fused-ring (bicyclic) bond motifs is 2. The topological polar surface area (TPSA) is 119 Å². The Morgan fingerprint density at radius 2 is 2.17 bits per heavy atom. The minimum atomic E-state index is 0.0394. The minimum absolute atomic E-state index is 0.0394. The lowest BCUT2D eigenvalue weighted by Gasteiger charge is -2.20. The standard InChI is InChI=1S/C27H29N7O2/c28-14-19-11-18(13-25-26(19)30-16-34(25)8-9-35)21-5-7-29-27(32-21)33-24-12-20-15-36-10-6-22(20)31-23(24)4-3-17-1-2-17/h5,7,11-13,17,30,35H,1-4,6,8-10,15-16H2,(H,29,32,33). The second-order valence-corrected chi connectivity index (χ2v) is 9.62. The first kappa shape index (κ1) is 22.7. The molecule has 1 saturated carbocycles. The Kier molecular flexibility index (Phi) is 6.13. The molecule has 3 N–H and O–H groups in total. The van der Waals surface area contributed by atoms with E-state index in [4.69, 9.17) is 14.7 Å². The molecule has 1 aliphatic carbocycles. The molecular formula is C27H29N7O2. The lowest BCUT2D eigenvalue weighted by molar-refractivity contribution is 0.109. The van der Waals surface area contributed by atoms with Crippen LogP contribution in [0, 0.1) is 17.2 Å². The van der Waals surface area contributed by atoms with Crippen LogP contribution in [-0.2, 0) is 24.2 Å². The monoisotopic (exact) mass is 483 g/mol. The van der Waals surface area contributed by atoms with Crippen molar-refractivity contribution in [3.8, 4) is 17.3 Å². The normalized spacial score (nSPS) is 16.2. The van der Waals surface area contributed by atoms with Gasteiger partial charge in [0, 0.05) is 36.0 Å². The van der Waals surface area contributed by atoms with Crippen LogP contribution in [0.1, 0.15) is 41.8 Å². The van der Waals surface area contributed by atoms with E-state index in [9.17, 15) is 10.4 Å². The molecule has 3 aliphatic rings. The zero-order valence-electron chi connectivity index (χ0n) is 20.1. The Balaban J connectivity index is 1.32. The maximum atomic E-state index is 9.74. The van der Waals surface area contributed by atoms with E-state index < -0.39 is 0 Å². The van der Waals surface area contributed by atoms with Crippen LogP contribution in [0.25, 0.3) is 11.3 Å². The third-order valence-electron chi connectivity index (χ3n) is 7.09. The van der Waals surface area contributed by atoms with E-state index in [1.54, 1.807) is 6.20 Å². The van der Waals surface area contributed by atoms with Crippen molar-refractivity contribution in [3.63, 3.8) is 0 Å². The van der Waals surface area contributed by atoms with Gasteiger partial charge in [-0.2, -0.15) is 5.26 Å². The van der Waals surface area contributed by atoms with Gasteiger partial charge >= 0.3 is 0 Å². The molecule has 3 aromatic rings. The van der Waals surface area contributed by atoms with Gasteiger partial charge in [-0.1, -0.05) is 12.8 Å². The molecule has 0 amide bonds. The summed E-state index contributed by atoms with van der Waals surface area (Å²) >= 11 is 0. The first-order valence-electron chi connectivity index (χ1n) is 12.6. The van der Waals surface area contributed by atoms with E-state index in [2.05, 4.69) is 27.8 Å². The van der Waals surface area contributed by atoms with Gasteiger partial charge in [0.2, 0.25) is 5.95 Å². The number of anilines is 4. The van der Waals surface area contributed by atoms with Crippen molar-refractivity contribution in [2.24, 2.45) is 5.92 Å². The SMILES string of the molecule is N#Cc1cc(-c2ccnc(Nc3cc4c(nc3CCC3CC3)CCOC4)n2)cc2c1NCN2CCO. The van der Waals surface area contributed by atoms with Crippen LogP contribution >= 0.6 is 0 Å². The lowest BCUT2D eigenvalue weighted by atomic mass is 10.0. The third kappa shape index (κ3) is 4.57. The summed E-state index contributed by atoms with van der Waals surface area (Å²) in [6.45, 7) is 2.38. The fraction of sp³-hybridized carbons (Fsp3) is 0.407. The van der Waals surface area contributed by atoms with E-state index in [-0.39, 0.29) is 6.61 Å². The molecule has 0 saturated heterocycles. The Morgan fingerprint density at radius 3 is 3.00 bits per heavy atom. The smallest absolute Gasteiger partial charge is 0.227 e. The summed E-state index contributed by atoms with van der Waals surface area (Å²) in [4.78, 5) is 16.3. The summed E-state index contributed by atoms with van der Waals surface area (Å²) in [7, 11) is 0. The second-order valence-electron chi connectivity index (χ2n) is 9.62. The quantitative estimate of drug-likeness (QED) is 0.440. The van der Waals surface area contributed by atoms with Crippen molar-refractivity contribution in [2.45, 2.75) is 38.7 Å². The molecule has 36 heavy (non-hydrogen) atoms. The molecule has 1 fully saturated rings. The number of benzene rings is 1. The maximum Gasteiger partial charge on any atom is 0.227 e. The number of hydrogen-bond donors (Lipinski definition) is 3. The van der Waals surface area contributed by atoms with Crippen LogP contribution in [0.2, 0.25) is 0 Å². The van der Waals surface area contributed by atoms with Crippen LogP contribution in [-0.4, -0.2) is 46.5 Å². The number of aryl methyl sites for hydroxylation is 1. The Morgan fingerprint density at radius 1 is 1.25 bits per heavy atom. The fourth-order valence-electron chi connectivity index (χ4n) is 4.95. The summed E-state index contributed by atoms with van der Waals surface area (Å²) in [5, 5.41) is 25.9. The van der Waals surface area contributed by atoms with E-state index in [1.807, 2.05) is 23.1 Å². The average molecular weight is 484 g/mol. The molecule has 6 rings (SSSR count). The highest BCUT2D eigenvalue weighted by Gasteiger charge is 2.24. The van der Waals surface area contributed by atoms with Gasteiger partial charge in [0.05, 0.1) is 60.5 Å². The van der Waals surface area contributed by atoms with Crippen LogP contribution in [0.15, 0.2) is 30.5 Å². The Labute approximate surface area is 210 Å². The largest absolute Gasteiger partial charge is 0.395 e. The van der Waals surface area contributed by atoms with Crippen LogP contribution in [0.3, 0.4) is 0 Å². The average Bonchev–Trinajstić information content (AvgIpc) is 3.66. The van der Waals surface area contributed by atoms with Crippen LogP contribution in [0.5, 0.6) is 0 Å². The number of β-amino-alcohol motifs (C(OH)–C–C–N with tert-alkyl or cyclic N) is 1.